The molecule has 1 N–H and O–H groups in total. The minimum Gasteiger partial charge on any atom is -0.306 e. The zero-order chi connectivity index (χ0) is 11.5. The minimum atomic E-state index is 0.852. The van der Waals surface area contributed by atoms with E-state index < -0.39 is 0 Å². The molecule has 0 amide bonds. The molecule has 0 spiro atoms. The van der Waals surface area contributed by atoms with Crippen LogP contribution in [-0.2, 0) is 20.1 Å². The van der Waals surface area contributed by atoms with Gasteiger partial charge < -0.3 is 5.32 Å². The number of halogens is 1. The average Bonchev–Trinajstić information content (AvgIpc) is 2.76. The van der Waals surface area contributed by atoms with Gasteiger partial charge in [-0.2, -0.15) is 5.10 Å². The molecule has 0 aromatic carbocycles. The zero-order valence-electron chi connectivity index (χ0n) is 9.33. The summed E-state index contributed by atoms with van der Waals surface area (Å²) in [6.07, 6.45) is 1.82. The molecule has 16 heavy (non-hydrogen) atoms. The molecular formula is C11H14BrN3S. The molecule has 0 saturated heterocycles. The lowest BCUT2D eigenvalue weighted by atomic mass is 10.4. The number of hydrogen-bond acceptors (Lipinski definition) is 3. The van der Waals surface area contributed by atoms with Crippen LogP contribution in [0.4, 0.5) is 0 Å². The van der Waals surface area contributed by atoms with Crippen molar-refractivity contribution >= 4 is 27.3 Å². The lowest BCUT2D eigenvalue weighted by Crippen LogP contribution is -2.14. The number of rotatable bonds is 4. The van der Waals surface area contributed by atoms with E-state index in [1.54, 1.807) is 0 Å². The second kappa shape index (κ2) is 5.12. The first-order chi connectivity index (χ1) is 7.66. The second-order valence-corrected chi connectivity index (χ2v) is 5.86. The molecule has 5 heteroatoms. The van der Waals surface area contributed by atoms with E-state index in [1.807, 2.05) is 35.3 Å². The van der Waals surface area contributed by atoms with E-state index in [-0.39, 0.29) is 0 Å². The van der Waals surface area contributed by atoms with E-state index in [1.165, 1.54) is 19.9 Å². The molecule has 3 nitrogen and oxygen atoms in total. The van der Waals surface area contributed by atoms with Crippen molar-refractivity contribution in [3.63, 3.8) is 0 Å². The number of hydrogen-bond donors (Lipinski definition) is 1. The SMILES string of the molecule is Cc1sc(CNCc2ccnn2C)cc1Br. The lowest BCUT2D eigenvalue weighted by Gasteiger charge is -2.03. The summed E-state index contributed by atoms with van der Waals surface area (Å²) >= 11 is 5.35. The van der Waals surface area contributed by atoms with Crippen LogP contribution in [0.1, 0.15) is 15.4 Å². The van der Waals surface area contributed by atoms with E-state index in [9.17, 15) is 0 Å². The van der Waals surface area contributed by atoms with Gasteiger partial charge in [0.1, 0.15) is 0 Å². The largest absolute Gasteiger partial charge is 0.306 e. The fourth-order valence-electron chi connectivity index (χ4n) is 1.49. The van der Waals surface area contributed by atoms with Gasteiger partial charge in [0, 0.05) is 40.6 Å². The highest BCUT2D eigenvalue weighted by molar-refractivity contribution is 9.10. The van der Waals surface area contributed by atoms with Gasteiger partial charge in [-0.1, -0.05) is 0 Å². The average molecular weight is 300 g/mol. The van der Waals surface area contributed by atoms with Crippen LogP contribution in [0, 0.1) is 6.92 Å². The molecule has 2 heterocycles. The molecule has 86 valence electrons. The Morgan fingerprint density at radius 3 is 2.88 bits per heavy atom. The van der Waals surface area contributed by atoms with Crippen molar-refractivity contribution in [1.82, 2.24) is 15.1 Å². The number of aromatic nitrogens is 2. The number of thiophene rings is 1. The highest BCUT2D eigenvalue weighted by Crippen LogP contribution is 2.26. The van der Waals surface area contributed by atoms with Gasteiger partial charge in [0.05, 0.1) is 5.69 Å². The Kier molecular flexibility index (Phi) is 3.78. The first kappa shape index (κ1) is 11.8. The molecule has 2 aromatic heterocycles. The van der Waals surface area contributed by atoms with E-state index in [2.05, 4.69) is 39.3 Å². The van der Waals surface area contributed by atoms with Crippen molar-refractivity contribution < 1.29 is 0 Å². The third-order valence-corrected chi connectivity index (χ3v) is 4.57. The van der Waals surface area contributed by atoms with E-state index in [4.69, 9.17) is 0 Å². The summed E-state index contributed by atoms with van der Waals surface area (Å²) in [4.78, 5) is 2.68. The topological polar surface area (TPSA) is 29.9 Å². The Morgan fingerprint density at radius 2 is 2.31 bits per heavy atom. The summed E-state index contributed by atoms with van der Waals surface area (Å²) in [5.41, 5.74) is 1.20. The molecule has 2 aromatic rings. The smallest absolute Gasteiger partial charge is 0.0518 e. The number of aryl methyl sites for hydroxylation is 2. The zero-order valence-corrected chi connectivity index (χ0v) is 11.7. The molecule has 0 bridgehead atoms. The van der Waals surface area contributed by atoms with Gasteiger partial charge in [-0.05, 0) is 35.0 Å². The third kappa shape index (κ3) is 2.72. The predicted molar refractivity (Wildman–Crippen MR) is 70.5 cm³/mol. The maximum atomic E-state index is 4.13. The first-order valence-corrected chi connectivity index (χ1v) is 6.70. The van der Waals surface area contributed by atoms with Crippen molar-refractivity contribution in [2.24, 2.45) is 7.05 Å². The van der Waals surface area contributed by atoms with Crippen molar-refractivity contribution in [2.45, 2.75) is 20.0 Å². The van der Waals surface area contributed by atoms with Gasteiger partial charge in [-0.3, -0.25) is 4.68 Å². The molecular weight excluding hydrogens is 286 g/mol. The van der Waals surface area contributed by atoms with Gasteiger partial charge in [-0.15, -0.1) is 11.3 Å². The van der Waals surface area contributed by atoms with Gasteiger partial charge in [0.25, 0.3) is 0 Å². The van der Waals surface area contributed by atoms with Crippen molar-refractivity contribution in [2.75, 3.05) is 0 Å². The monoisotopic (exact) mass is 299 g/mol. The molecule has 0 fully saturated rings. The van der Waals surface area contributed by atoms with Gasteiger partial charge in [0.2, 0.25) is 0 Å². The summed E-state index contributed by atoms with van der Waals surface area (Å²) in [6.45, 7) is 3.88. The van der Waals surface area contributed by atoms with Crippen LogP contribution in [0.3, 0.4) is 0 Å². The van der Waals surface area contributed by atoms with E-state index in [0.29, 0.717) is 0 Å². The molecule has 0 aliphatic heterocycles. The minimum absolute atomic E-state index is 0.852. The van der Waals surface area contributed by atoms with Crippen LogP contribution in [0.5, 0.6) is 0 Å². The van der Waals surface area contributed by atoms with Crippen LogP contribution < -0.4 is 5.32 Å². The standard InChI is InChI=1S/C11H14BrN3S/c1-8-11(12)5-10(16-8)7-13-6-9-3-4-14-15(9)2/h3-5,13H,6-7H2,1-2H3. The highest BCUT2D eigenvalue weighted by atomic mass is 79.9. The molecule has 0 aliphatic carbocycles. The van der Waals surface area contributed by atoms with E-state index >= 15 is 0 Å². The Bertz CT molecular complexity index is 456. The molecule has 0 atom stereocenters. The van der Waals surface area contributed by atoms with Gasteiger partial charge in [0.15, 0.2) is 0 Å². The van der Waals surface area contributed by atoms with Crippen LogP contribution >= 0.6 is 27.3 Å². The Morgan fingerprint density at radius 1 is 1.50 bits per heavy atom. The molecule has 0 radical (unpaired) electrons. The molecule has 0 saturated carbocycles. The quantitative estimate of drug-likeness (QED) is 0.941. The second-order valence-electron chi connectivity index (χ2n) is 3.67. The molecule has 0 unspecified atom stereocenters. The van der Waals surface area contributed by atoms with Crippen LogP contribution in [-0.4, -0.2) is 9.78 Å². The molecule has 2 rings (SSSR count). The lowest BCUT2D eigenvalue weighted by molar-refractivity contribution is 0.629. The van der Waals surface area contributed by atoms with Crippen molar-refractivity contribution in [3.8, 4) is 0 Å². The third-order valence-electron chi connectivity index (χ3n) is 2.44. The predicted octanol–water partition coefficient (Wildman–Crippen LogP) is 2.84. The van der Waals surface area contributed by atoms with Crippen LogP contribution in [0.2, 0.25) is 0 Å². The van der Waals surface area contributed by atoms with Crippen LogP contribution in [0.15, 0.2) is 22.8 Å². The summed E-state index contributed by atoms with van der Waals surface area (Å²) in [5.74, 6) is 0. The van der Waals surface area contributed by atoms with Crippen molar-refractivity contribution in [1.29, 1.82) is 0 Å². The number of nitrogens with zero attached hydrogens (tertiary/aromatic N) is 2. The normalized spacial score (nSPS) is 10.9. The Hall–Kier alpha value is -0.650. The van der Waals surface area contributed by atoms with Gasteiger partial charge in [-0.25, -0.2) is 0 Å². The van der Waals surface area contributed by atoms with E-state index in [0.717, 1.165) is 13.1 Å². The van der Waals surface area contributed by atoms with Crippen molar-refractivity contribution in [3.05, 3.63) is 38.3 Å². The Labute approximate surface area is 108 Å². The summed E-state index contributed by atoms with van der Waals surface area (Å²) < 4.78 is 3.10. The fraction of sp³-hybridized carbons (Fsp3) is 0.364. The molecule has 0 aliphatic rings. The fourth-order valence-corrected chi connectivity index (χ4v) is 3.06. The summed E-state index contributed by atoms with van der Waals surface area (Å²) in [5, 5.41) is 7.55. The summed E-state index contributed by atoms with van der Waals surface area (Å²) in [6, 6.07) is 4.21. The number of nitrogens with one attached hydrogen (secondary N) is 1. The van der Waals surface area contributed by atoms with Crippen LogP contribution in [0.25, 0.3) is 0 Å². The maximum absolute atomic E-state index is 4.13. The Balaban J connectivity index is 1.87. The highest BCUT2D eigenvalue weighted by Gasteiger charge is 2.03. The summed E-state index contributed by atoms with van der Waals surface area (Å²) in [7, 11) is 1.96. The van der Waals surface area contributed by atoms with Gasteiger partial charge >= 0.3 is 0 Å². The first-order valence-electron chi connectivity index (χ1n) is 5.09. The maximum Gasteiger partial charge on any atom is 0.0518 e.